The standard InChI is InChI=1S/C15H19FN2O3/c16-15-4-3-12(6-11(15)7-17)18-8-13(19)9-20-10-14-2-1-5-21-14/h3-4,6,13-14,18-19H,1-2,5,8-10H2. The first kappa shape index (κ1) is 15.7. The van der Waals surface area contributed by atoms with Crippen molar-refractivity contribution < 1.29 is 19.0 Å². The summed E-state index contributed by atoms with van der Waals surface area (Å²) < 4.78 is 24.0. The Morgan fingerprint density at radius 1 is 1.57 bits per heavy atom. The Balaban J connectivity index is 1.68. The second-order valence-corrected chi connectivity index (χ2v) is 5.01. The zero-order chi connectivity index (χ0) is 15.1. The van der Waals surface area contributed by atoms with Crippen LogP contribution in [0.4, 0.5) is 10.1 Å². The van der Waals surface area contributed by atoms with Gasteiger partial charge in [-0.3, -0.25) is 0 Å². The highest BCUT2D eigenvalue weighted by molar-refractivity contribution is 5.49. The number of aliphatic hydroxyl groups is 1. The lowest BCUT2D eigenvalue weighted by Gasteiger charge is -2.15. The molecule has 1 aromatic carbocycles. The first-order chi connectivity index (χ1) is 10.2. The number of ether oxygens (including phenoxy) is 2. The summed E-state index contributed by atoms with van der Waals surface area (Å²) in [7, 11) is 0. The third kappa shape index (κ3) is 4.97. The van der Waals surface area contributed by atoms with Crippen LogP contribution in [0.1, 0.15) is 18.4 Å². The van der Waals surface area contributed by atoms with E-state index in [4.69, 9.17) is 14.7 Å². The van der Waals surface area contributed by atoms with Crippen LogP contribution in [0.15, 0.2) is 18.2 Å². The van der Waals surface area contributed by atoms with Gasteiger partial charge in [0.25, 0.3) is 0 Å². The van der Waals surface area contributed by atoms with Crippen molar-refractivity contribution in [3.63, 3.8) is 0 Å². The highest BCUT2D eigenvalue weighted by atomic mass is 19.1. The van der Waals surface area contributed by atoms with Gasteiger partial charge in [0.15, 0.2) is 0 Å². The van der Waals surface area contributed by atoms with Gasteiger partial charge < -0.3 is 19.9 Å². The normalized spacial score (nSPS) is 19.2. The fraction of sp³-hybridized carbons (Fsp3) is 0.533. The molecule has 1 heterocycles. The maximum atomic E-state index is 13.2. The monoisotopic (exact) mass is 294 g/mol. The zero-order valence-electron chi connectivity index (χ0n) is 11.7. The molecule has 2 atom stereocenters. The molecule has 0 aromatic heterocycles. The van der Waals surface area contributed by atoms with E-state index in [2.05, 4.69) is 5.32 Å². The Kier molecular flexibility index (Phi) is 5.93. The fourth-order valence-electron chi connectivity index (χ4n) is 2.13. The van der Waals surface area contributed by atoms with Gasteiger partial charge in [-0.05, 0) is 31.0 Å². The molecule has 0 bridgehead atoms. The van der Waals surface area contributed by atoms with E-state index in [1.807, 2.05) is 0 Å². The van der Waals surface area contributed by atoms with Gasteiger partial charge in [-0.2, -0.15) is 5.26 Å². The summed E-state index contributed by atoms with van der Waals surface area (Å²) in [6.07, 6.45) is 1.52. The Morgan fingerprint density at radius 2 is 2.43 bits per heavy atom. The van der Waals surface area contributed by atoms with Crippen LogP contribution in [0.5, 0.6) is 0 Å². The van der Waals surface area contributed by atoms with E-state index < -0.39 is 11.9 Å². The van der Waals surface area contributed by atoms with Gasteiger partial charge >= 0.3 is 0 Å². The number of anilines is 1. The van der Waals surface area contributed by atoms with Crippen LogP contribution in [-0.4, -0.2) is 43.7 Å². The fourth-order valence-corrected chi connectivity index (χ4v) is 2.13. The zero-order valence-corrected chi connectivity index (χ0v) is 11.7. The first-order valence-corrected chi connectivity index (χ1v) is 7.00. The van der Waals surface area contributed by atoms with Crippen LogP contribution in [0.25, 0.3) is 0 Å². The van der Waals surface area contributed by atoms with Crippen LogP contribution in [0.2, 0.25) is 0 Å². The number of aliphatic hydroxyl groups excluding tert-OH is 1. The average Bonchev–Trinajstić information content (AvgIpc) is 2.99. The van der Waals surface area contributed by atoms with Gasteiger partial charge in [0.1, 0.15) is 11.9 Å². The van der Waals surface area contributed by atoms with Crippen molar-refractivity contribution in [2.45, 2.75) is 25.0 Å². The highest BCUT2D eigenvalue weighted by Crippen LogP contribution is 2.14. The van der Waals surface area contributed by atoms with Crippen molar-refractivity contribution >= 4 is 5.69 Å². The van der Waals surface area contributed by atoms with Crippen molar-refractivity contribution in [2.75, 3.05) is 31.7 Å². The molecule has 0 radical (unpaired) electrons. The minimum absolute atomic E-state index is 0.0240. The van der Waals surface area contributed by atoms with Crippen LogP contribution in [0.3, 0.4) is 0 Å². The number of nitrogens with zero attached hydrogens (tertiary/aromatic N) is 1. The number of benzene rings is 1. The van der Waals surface area contributed by atoms with Crippen molar-refractivity contribution in [2.24, 2.45) is 0 Å². The lowest BCUT2D eigenvalue weighted by Crippen LogP contribution is -2.27. The Morgan fingerprint density at radius 3 is 3.14 bits per heavy atom. The van der Waals surface area contributed by atoms with Crippen molar-refractivity contribution in [1.82, 2.24) is 0 Å². The van der Waals surface area contributed by atoms with E-state index in [0.717, 1.165) is 19.4 Å². The molecule has 1 aliphatic heterocycles. The van der Waals surface area contributed by atoms with Crippen LogP contribution in [0, 0.1) is 17.1 Å². The predicted octanol–water partition coefficient (Wildman–Crippen LogP) is 1.67. The van der Waals surface area contributed by atoms with Gasteiger partial charge in [-0.15, -0.1) is 0 Å². The third-order valence-electron chi connectivity index (χ3n) is 3.27. The summed E-state index contributed by atoms with van der Waals surface area (Å²) in [4.78, 5) is 0. The van der Waals surface area contributed by atoms with Crippen molar-refractivity contribution in [1.29, 1.82) is 5.26 Å². The number of hydrogen-bond donors (Lipinski definition) is 2. The SMILES string of the molecule is N#Cc1cc(NCC(O)COCC2CCCO2)ccc1F. The van der Waals surface area contributed by atoms with Gasteiger partial charge in [-0.25, -0.2) is 4.39 Å². The molecule has 1 fully saturated rings. The van der Waals surface area contributed by atoms with Crippen LogP contribution in [-0.2, 0) is 9.47 Å². The van der Waals surface area contributed by atoms with E-state index in [9.17, 15) is 9.50 Å². The minimum Gasteiger partial charge on any atom is -0.389 e. The Labute approximate surface area is 123 Å². The number of nitriles is 1. The van der Waals surface area contributed by atoms with Crippen LogP contribution >= 0.6 is 0 Å². The second-order valence-electron chi connectivity index (χ2n) is 5.01. The van der Waals surface area contributed by atoms with Crippen molar-refractivity contribution in [3.05, 3.63) is 29.6 Å². The molecule has 1 saturated heterocycles. The molecule has 5 nitrogen and oxygen atoms in total. The largest absolute Gasteiger partial charge is 0.389 e. The molecule has 2 rings (SSSR count). The lowest BCUT2D eigenvalue weighted by atomic mass is 10.2. The predicted molar refractivity (Wildman–Crippen MR) is 75.4 cm³/mol. The third-order valence-corrected chi connectivity index (χ3v) is 3.27. The van der Waals surface area contributed by atoms with Crippen LogP contribution < -0.4 is 5.32 Å². The van der Waals surface area contributed by atoms with Gasteiger partial charge in [0.2, 0.25) is 0 Å². The molecular formula is C15H19FN2O3. The van der Waals surface area contributed by atoms with Crippen molar-refractivity contribution in [3.8, 4) is 6.07 Å². The number of hydrogen-bond acceptors (Lipinski definition) is 5. The van der Waals surface area contributed by atoms with E-state index in [0.29, 0.717) is 12.3 Å². The molecule has 1 aromatic rings. The molecule has 2 unspecified atom stereocenters. The summed E-state index contributed by atoms with van der Waals surface area (Å²) >= 11 is 0. The van der Waals surface area contributed by atoms with E-state index in [-0.39, 0.29) is 24.8 Å². The molecule has 114 valence electrons. The molecule has 21 heavy (non-hydrogen) atoms. The topological polar surface area (TPSA) is 74.5 Å². The first-order valence-electron chi connectivity index (χ1n) is 7.00. The lowest BCUT2D eigenvalue weighted by molar-refractivity contribution is -0.0137. The van der Waals surface area contributed by atoms with E-state index in [1.54, 1.807) is 6.07 Å². The van der Waals surface area contributed by atoms with E-state index >= 15 is 0 Å². The highest BCUT2D eigenvalue weighted by Gasteiger charge is 2.16. The molecule has 6 heteroatoms. The molecular weight excluding hydrogens is 275 g/mol. The quantitative estimate of drug-likeness (QED) is 0.800. The number of rotatable bonds is 7. The minimum atomic E-state index is -0.679. The summed E-state index contributed by atoms with van der Waals surface area (Å²) in [6, 6.07) is 5.93. The summed E-state index contributed by atoms with van der Waals surface area (Å²) in [5.41, 5.74) is 0.565. The molecule has 0 amide bonds. The molecule has 1 aliphatic rings. The van der Waals surface area contributed by atoms with Gasteiger partial charge in [0.05, 0.1) is 31.0 Å². The molecule has 2 N–H and O–H groups in total. The summed E-state index contributed by atoms with van der Waals surface area (Å²) in [5.74, 6) is -0.552. The maximum absolute atomic E-state index is 13.2. The second kappa shape index (κ2) is 7.93. The molecule has 0 aliphatic carbocycles. The van der Waals surface area contributed by atoms with Gasteiger partial charge in [-0.1, -0.05) is 0 Å². The smallest absolute Gasteiger partial charge is 0.141 e. The maximum Gasteiger partial charge on any atom is 0.141 e. The number of halogens is 1. The Bertz CT molecular complexity index is 498. The van der Waals surface area contributed by atoms with E-state index in [1.165, 1.54) is 18.2 Å². The van der Waals surface area contributed by atoms with Gasteiger partial charge in [0, 0.05) is 18.8 Å². The molecule has 0 saturated carbocycles. The molecule has 0 spiro atoms. The Hall–Kier alpha value is -1.68. The summed E-state index contributed by atoms with van der Waals surface area (Å²) in [6.45, 7) is 1.75. The average molecular weight is 294 g/mol. The summed E-state index contributed by atoms with van der Waals surface area (Å²) in [5, 5.41) is 21.5. The number of nitrogens with one attached hydrogen (secondary N) is 1.